The van der Waals surface area contributed by atoms with E-state index in [1.54, 1.807) is 13.8 Å². The topological polar surface area (TPSA) is 82.6 Å². The fraction of sp³-hybridized carbons (Fsp3) is 0.562. The van der Waals surface area contributed by atoms with E-state index in [2.05, 4.69) is 20.3 Å². The van der Waals surface area contributed by atoms with Gasteiger partial charge >= 0.3 is 0 Å². The van der Waals surface area contributed by atoms with Crippen molar-refractivity contribution >= 4 is 51.6 Å². The van der Waals surface area contributed by atoms with Crippen LogP contribution in [0.5, 0.6) is 0 Å². The molecule has 1 atom stereocenters. The predicted octanol–water partition coefficient (Wildman–Crippen LogP) is 2.90. The third-order valence-electron chi connectivity index (χ3n) is 3.16. The second kappa shape index (κ2) is 10.5. The zero-order chi connectivity index (χ0) is 18.4. The van der Waals surface area contributed by atoms with Crippen molar-refractivity contribution in [3.05, 3.63) is 34.9 Å². The molecular formula is C16H28ClIN4O2S. The van der Waals surface area contributed by atoms with Gasteiger partial charge in [-0.05, 0) is 45.4 Å². The number of rotatable bonds is 7. The number of hydrogen-bond donors (Lipinski definition) is 3. The first-order valence-electron chi connectivity index (χ1n) is 7.81. The summed E-state index contributed by atoms with van der Waals surface area (Å²) in [6.07, 6.45) is 1.14. The van der Waals surface area contributed by atoms with Gasteiger partial charge in [0.1, 0.15) is 0 Å². The lowest BCUT2D eigenvalue weighted by Crippen LogP contribution is -2.47. The van der Waals surface area contributed by atoms with Gasteiger partial charge in [-0.25, -0.2) is 13.1 Å². The van der Waals surface area contributed by atoms with Crippen molar-refractivity contribution < 1.29 is 8.42 Å². The lowest BCUT2D eigenvalue weighted by molar-refractivity contribution is 0.464. The monoisotopic (exact) mass is 502 g/mol. The third-order valence-corrected chi connectivity index (χ3v) is 4.34. The smallest absolute Gasteiger partial charge is 0.209 e. The van der Waals surface area contributed by atoms with E-state index in [1.807, 2.05) is 38.1 Å². The molecule has 6 nitrogen and oxygen atoms in total. The minimum absolute atomic E-state index is 0. The highest BCUT2D eigenvalue weighted by atomic mass is 127. The van der Waals surface area contributed by atoms with Crippen LogP contribution in [-0.2, 0) is 10.0 Å². The lowest BCUT2D eigenvalue weighted by Gasteiger charge is -2.24. The molecule has 0 spiro atoms. The number of nitrogens with zero attached hydrogens (tertiary/aromatic N) is 1. The van der Waals surface area contributed by atoms with Gasteiger partial charge in [0.25, 0.3) is 0 Å². The van der Waals surface area contributed by atoms with E-state index in [0.717, 1.165) is 11.8 Å². The number of hydrogen-bond acceptors (Lipinski definition) is 3. The molecule has 25 heavy (non-hydrogen) atoms. The molecule has 0 aliphatic heterocycles. The molecule has 1 aromatic carbocycles. The van der Waals surface area contributed by atoms with Crippen molar-refractivity contribution in [2.45, 2.75) is 39.3 Å². The van der Waals surface area contributed by atoms with E-state index in [9.17, 15) is 8.42 Å². The molecule has 144 valence electrons. The fourth-order valence-corrected chi connectivity index (χ4v) is 3.37. The first kappa shape index (κ1) is 24.4. The summed E-state index contributed by atoms with van der Waals surface area (Å²) >= 11 is 5.91. The maximum Gasteiger partial charge on any atom is 0.209 e. The van der Waals surface area contributed by atoms with Crippen molar-refractivity contribution in [1.82, 2.24) is 15.4 Å². The van der Waals surface area contributed by atoms with Crippen molar-refractivity contribution in [1.29, 1.82) is 0 Å². The van der Waals surface area contributed by atoms with Gasteiger partial charge in [-0.1, -0.05) is 23.7 Å². The largest absolute Gasteiger partial charge is 0.357 e. The van der Waals surface area contributed by atoms with E-state index in [1.165, 1.54) is 0 Å². The van der Waals surface area contributed by atoms with Crippen LogP contribution >= 0.6 is 35.6 Å². The number of benzene rings is 1. The molecule has 0 bridgehead atoms. The average molecular weight is 503 g/mol. The Labute approximate surface area is 173 Å². The zero-order valence-corrected chi connectivity index (χ0v) is 19.2. The van der Waals surface area contributed by atoms with Crippen LogP contribution in [0.25, 0.3) is 0 Å². The summed E-state index contributed by atoms with van der Waals surface area (Å²) in [6, 6.07) is 7.64. The molecule has 0 saturated heterocycles. The summed E-state index contributed by atoms with van der Waals surface area (Å²) in [5.74, 6) is 0.628. The normalized spacial score (nSPS) is 13.8. The maximum atomic E-state index is 11.4. The van der Waals surface area contributed by atoms with Crippen LogP contribution in [0.4, 0.5) is 0 Å². The molecule has 0 aromatic heterocycles. The van der Waals surface area contributed by atoms with Crippen LogP contribution in [0.3, 0.4) is 0 Å². The second-order valence-electron chi connectivity index (χ2n) is 6.37. The highest BCUT2D eigenvalue weighted by Crippen LogP contribution is 2.16. The SMILES string of the molecule is CCNC(=NCC(C)(C)NS(C)(=O)=O)NC(C)c1ccc(Cl)cc1.I. The van der Waals surface area contributed by atoms with Gasteiger partial charge in [-0.2, -0.15) is 0 Å². The molecule has 1 unspecified atom stereocenters. The Morgan fingerprint density at radius 2 is 1.84 bits per heavy atom. The standard InChI is InChI=1S/C16H27ClN4O2S.HI/c1-6-18-15(19-11-16(3,4)21-24(5,22)23)20-12(2)13-7-9-14(17)10-8-13;/h7-10,12,21H,6,11H2,1-5H3,(H2,18,19,20);1H. The van der Waals surface area contributed by atoms with E-state index >= 15 is 0 Å². The summed E-state index contributed by atoms with van der Waals surface area (Å²) in [7, 11) is -3.28. The molecule has 0 fully saturated rings. The first-order valence-corrected chi connectivity index (χ1v) is 10.1. The van der Waals surface area contributed by atoms with Crippen LogP contribution in [0, 0.1) is 0 Å². The van der Waals surface area contributed by atoms with Crippen molar-refractivity contribution in [2.24, 2.45) is 4.99 Å². The number of nitrogens with one attached hydrogen (secondary N) is 3. The average Bonchev–Trinajstić information content (AvgIpc) is 2.43. The minimum atomic E-state index is -3.28. The van der Waals surface area contributed by atoms with Crippen molar-refractivity contribution in [2.75, 3.05) is 19.3 Å². The summed E-state index contributed by atoms with van der Waals surface area (Å²) in [5, 5.41) is 7.17. The molecule has 3 N–H and O–H groups in total. The zero-order valence-electron chi connectivity index (χ0n) is 15.3. The van der Waals surface area contributed by atoms with E-state index in [0.29, 0.717) is 24.1 Å². The van der Waals surface area contributed by atoms with Crippen LogP contribution in [0.15, 0.2) is 29.3 Å². The van der Waals surface area contributed by atoms with E-state index in [-0.39, 0.29) is 30.0 Å². The van der Waals surface area contributed by atoms with Crippen LogP contribution in [0.1, 0.15) is 39.3 Å². The Balaban J connectivity index is 0.00000576. The molecule has 0 amide bonds. The molecule has 0 radical (unpaired) electrons. The number of halogens is 2. The van der Waals surface area contributed by atoms with E-state index < -0.39 is 15.6 Å². The van der Waals surface area contributed by atoms with Gasteiger partial charge in [0.05, 0.1) is 18.8 Å². The molecular weight excluding hydrogens is 475 g/mol. The Kier molecular flexibility index (Phi) is 10.3. The Morgan fingerprint density at radius 3 is 2.32 bits per heavy atom. The Hall–Kier alpha value is -0.580. The molecule has 0 aliphatic carbocycles. The Bertz CT molecular complexity index is 663. The van der Waals surface area contributed by atoms with Gasteiger partial charge in [-0.3, -0.25) is 4.99 Å². The summed E-state index contributed by atoms with van der Waals surface area (Å²) in [5.41, 5.74) is 0.415. The summed E-state index contributed by atoms with van der Waals surface area (Å²) in [4.78, 5) is 4.49. The summed E-state index contributed by atoms with van der Waals surface area (Å²) < 4.78 is 25.4. The quantitative estimate of drug-likeness (QED) is 0.304. The first-order chi connectivity index (χ1) is 11.0. The predicted molar refractivity (Wildman–Crippen MR) is 116 cm³/mol. The highest BCUT2D eigenvalue weighted by molar-refractivity contribution is 14.0. The van der Waals surface area contributed by atoms with Crippen molar-refractivity contribution in [3.8, 4) is 0 Å². The number of sulfonamides is 1. The molecule has 0 aliphatic rings. The maximum absolute atomic E-state index is 11.4. The second-order valence-corrected chi connectivity index (χ2v) is 8.56. The van der Waals surface area contributed by atoms with Gasteiger partial charge in [0.15, 0.2) is 5.96 Å². The highest BCUT2D eigenvalue weighted by Gasteiger charge is 2.22. The van der Waals surface area contributed by atoms with Crippen LogP contribution in [-0.4, -0.2) is 39.3 Å². The molecule has 1 aromatic rings. The molecule has 0 saturated carbocycles. The fourth-order valence-electron chi connectivity index (χ4n) is 2.17. The van der Waals surface area contributed by atoms with Gasteiger partial charge in [0, 0.05) is 17.1 Å². The van der Waals surface area contributed by atoms with Crippen molar-refractivity contribution in [3.63, 3.8) is 0 Å². The van der Waals surface area contributed by atoms with Gasteiger partial charge in [0.2, 0.25) is 10.0 Å². The molecule has 9 heteroatoms. The van der Waals surface area contributed by atoms with Gasteiger partial charge in [-0.15, -0.1) is 24.0 Å². The lowest BCUT2D eigenvalue weighted by atomic mass is 10.1. The summed E-state index contributed by atoms with van der Waals surface area (Å²) in [6.45, 7) is 8.61. The molecule has 0 heterocycles. The molecule has 1 rings (SSSR count). The van der Waals surface area contributed by atoms with E-state index in [4.69, 9.17) is 11.6 Å². The van der Waals surface area contributed by atoms with Crippen LogP contribution in [0.2, 0.25) is 5.02 Å². The van der Waals surface area contributed by atoms with Gasteiger partial charge < -0.3 is 10.6 Å². The third kappa shape index (κ3) is 10.2. The van der Waals surface area contributed by atoms with Crippen LogP contribution < -0.4 is 15.4 Å². The minimum Gasteiger partial charge on any atom is -0.357 e. The Morgan fingerprint density at radius 1 is 1.28 bits per heavy atom. The number of guanidine groups is 1. The number of aliphatic imine (C=N–C) groups is 1.